The van der Waals surface area contributed by atoms with Gasteiger partial charge in [0.2, 0.25) is 11.5 Å². The maximum absolute atomic E-state index is 11.6. The number of hydrogen-bond donors (Lipinski definition) is 2. The van der Waals surface area contributed by atoms with Gasteiger partial charge >= 0.3 is 5.63 Å². The van der Waals surface area contributed by atoms with Crippen LogP contribution in [-0.4, -0.2) is 44.3 Å². The predicted octanol–water partition coefficient (Wildman–Crippen LogP) is 2.40. The Kier molecular flexibility index (Phi) is 5.04. The number of rotatable bonds is 5. The van der Waals surface area contributed by atoms with Crippen molar-refractivity contribution in [2.45, 2.75) is 12.2 Å². The highest BCUT2D eigenvalue weighted by Crippen LogP contribution is 2.50. The van der Waals surface area contributed by atoms with Crippen LogP contribution in [-0.2, 0) is 0 Å². The van der Waals surface area contributed by atoms with Gasteiger partial charge in [0.05, 0.1) is 33.3 Å². The summed E-state index contributed by atoms with van der Waals surface area (Å²) in [4.78, 5) is 11.6. The zero-order valence-corrected chi connectivity index (χ0v) is 16.5. The molecule has 1 aromatic heterocycles. The summed E-state index contributed by atoms with van der Waals surface area (Å²) in [6.07, 6.45) is -1.58. The molecule has 158 valence electrons. The lowest BCUT2D eigenvalue weighted by Crippen LogP contribution is -2.36. The molecule has 0 spiro atoms. The standard InChI is InChI=1S/C21H20O9/c1-25-13-6-10(7-14(26-2)18(13)24)19-16(9-22)29-20-11-4-5-17(23)28-12(11)8-15(27-3)21(20)30-19/h4-8,16,19,22,24H,9H2,1-3H3. The van der Waals surface area contributed by atoms with E-state index in [0.29, 0.717) is 28.2 Å². The summed E-state index contributed by atoms with van der Waals surface area (Å²) in [6, 6.07) is 7.52. The second kappa shape index (κ2) is 7.68. The van der Waals surface area contributed by atoms with Crippen LogP contribution in [0.5, 0.6) is 34.5 Å². The highest BCUT2D eigenvalue weighted by molar-refractivity contribution is 5.89. The molecular weight excluding hydrogens is 396 g/mol. The van der Waals surface area contributed by atoms with Crippen molar-refractivity contribution in [3.05, 3.63) is 46.3 Å². The predicted molar refractivity (Wildman–Crippen MR) is 105 cm³/mol. The monoisotopic (exact) mass is 416 g/mol. The lowest BCUT2D eigenvalue weighted by Gasteiger charge is -2.34. The van der Waals surface area contributed by atoms with E-state index < -0.39 is 17.8 Å². The fraction of sp³-hybridized carbons (Fsp3) is 0.286. The molecular formula is C21H20O9. The third kappa shape index (κ3) is 3.13. The number of phenols is 1. The molecule has 2 atom stereocenters. The summed E-state index contributed by atoms with van der Waals surface area (Å²) >= 11 is 0. The third-order valence-corrected chi connectivity index (χ3v) is 4.88. The summed E-state index contributed by atoms with van der Waals surface area (Å²) in [5.74, 6) is 1.09. The molecule has 0 radical (unpaired) electrons. The number of ether oxygens (including phenoxy) is 5. The molecule has 0 bridgehead atoms. The zero-order chi connectivity index (χ0) is 21.4. The Bertz CT molecular complexity index is 1130. The maximum atomic E-state index is 11.6. The number of aliphatic hydroxyl groups is 1. The van der Waals surface area contributed by atoms with Gasteiger partial charge in [0.15, 0.2) is 35.2 Å². The smallest absolute Gasteiger partial charge is 0.336 e. The van der Waals surface area contributed by atoms with Crippen LogP contribution in [0.3, 0.4) is 0 Å². The van der Waals surface area contributed by atoms with E-state index in [1.54, 1.807) is 18.2 Å². The van der Waals surface area contributed by atoms with E-state index in [1.165, 1.54) is 33.5 Å². The van der Waals surface area contributed by atoms with E-state index >= 15 is 0 Å². The first-order valence-corrected chi connectivity index (χ1v) is 9.04. The molecule has 1 aliphatic rings. The van der Waals surface area contributed by atoms with Crippen LogP contribution in [0.1, 0.15) is 11.7 Å². The first-order valence-electron chi connectivity index (χ1n) is 9.04. The van der Waals surface area contributed by atoms with Crippen LogP contribution in [0.4, 0.5) is 0 Å². The largest absolute Gasteiger partial charge is 0.502 e. The van der Waals surface area contributed by atoms with E-state index in [-0.39, 0.29) is 29.4 Å². The number of hydrogen-bond acceptors (Lipinski definition) is 9. The van der Waals surface area contributed by atoms with Gasteiger partial charge in [-0.3, -0.25) is 0 Å². The molecule has 4 rings (SSSR count). The summed E-state index contributed by atoms with van der Waals surface area (Å²) in [7, 11) is 4.28. The minimum atomic E-state index is -0.807. The molecule has 0 fully saturated rings. The van der Waals surface area contributed by atoms with Crippen LogP contribution in [0.25, 0.3) is 11.0 Å². The summed E-state index contributed by atoms with van der Waals surface area (Å²) in [5, 5.41) is 20.7. The first-order chi connectivity index (χ1) is 14.5. The molecule has 2 heterocycles. The normalized spacial score (nSPS) is 17.6. The molecule has 0 aliphatic carbocycles. The van der Waals surface area contributed by atoms with Crippen LogP contribution in [0, 0.1) is 0 Å². The quantitative estimate of drug-likeness (QED) is 0.605. The van der Waals surface area contributed by atoms with Crippen LogP contribution in [0.15, 0.2) is 39.5 Å². The molecule has 3 aromatic rings. The average Bonchev–Trinajstić information content (AvgIpc) is 2.77. The van der Waals surface area contributed by atoms with Gasteiger partial charge in [-0.05, 0) is 18.2 Å². The first kappa shape index (κ1) is 19.7. The van der Waals surface area contributed by atoms with Crippen molar-refractivity contribution >= 4 is 11.0 Å². The Labute approximate surface area is 170 Å². The lowest BCUT2D eigenvalue weighted by molar-refractivity contribution is -0.0128. The van der Waals surface area contributed by atoms with Gasteiger partial charge in [-0.2, -0.15) is 0 Å². The number of aliphatic hydroxyl groups excluding tert-OH is 1. The van der Waals surface area contributed by atoms with Crippen molar-refractivity contribution in [1.82, 2.24) is 0 Å². The molecule has 0 amide bonds. The highest BCUT2D eigenvalue weighted by Gasteiger charge is 2.37. The maximum Gasteiger partial charge on any atom is 0.336 e. The molecule has 0 saturated heterocycles. The van der Waals surface area contributed by atoms with Crippen LogP contribution in [0.2, 0.25) is 0 Å². The minimum absolute atomic E-state index is 0.153. The number of fused-ring (bicyclic) bond motifs is 3. The van der Waals surface area contributed by atoms with Gasteiger partial charge in [-0.15, -0.1) is 0 Å². The van der Waals surface area contributed by atoms with E-state index in [2.05, 4.69) is 0 Å². The lowest BCUT2D eigenvalue weighted by atomic mass is 10.0. The molecule has 9 heteroatoms. The number of benzene rings is 2. The molecule has 1 aliphatic heterocycles. The Hall–Kier alpha value is -3.59. The fourth-order valence-corrected chi connectivity index (χ4v) is 3.43. The van der Waals surface area contributed by atoms with Crippen LogP contribution < -0.4 is 29.3 Å². The Morgan fingerprint density at radius 1 is 0.933 bits per heavy atom. The molecule has 2 N–H and O–H groups in total. The summed E-state index contributed by atoms with van der Waals surface area (Å²) < 4.78 is 33.3. The van der Waals surface area contributed by atoms with E-state index in [9.17, 15) is 15.0 Å². The Balaban J connectivity index is 1.88. The highest BCUT2D eigenvalue weighted by atomic mass is 16.6. The van der Waals surface area contributed by atoms with Crippen LogP contribution >= 0.6 is 0 Å². The van der Waals surface area contributed by atoms with Gasteiger partial charge in [0.25, 0.3) is 0 Å². The second-order valence-electron chi connectivity index (χ2n) is 6.55. The van der Waals surface area contributed by atoms with Crippen molar-refractivity contribution in [2.24, 2.45) is 0 Å². The van der Waals surface area contributed by atoms with Gasteiger partial charge in [0, 0.05) is 17.7 Å². The van der Waals surface area contributed by atoms with Crippen molar-refractivity contribution in [3.8, 4) is 34.5 Å². The topological polar surface area (TPSA) is 117 Å². The summed E-state index contributed by atoms with van der Waals surface area (Å²) in [5.41, 5.74) is 0.304. The molecule has 0 saturated carbocycles. The number of phenolic OH excluding ortho intramolecular Hbond substituents is 1. The fourth-order valence-electron chi connectivity index (χ4n) is 3.43. The van der Waals surface area contributed by atoms with E-state index in [4.69, 9.17) is 28.1 Å². The van der Waals surface area contributed by atoms with Crippen molar-refractivity contribution in [1.29, 1.82) is 0 Å². The van der Waals surface area contributed by atoms with Crippen molar-refractivity contribution in [2.75, 3.05) is 27.9 Å². The number of methoxy groups -OCH3 is 3. The Morgan fingerprint density at radius 2 is 1.60 bits per heavy atom. The SMILES string of the molecule is COc1cc(C2Oc3c(OC)cc4oc(=O)ccc4c3OC2CO)cc(OC)c1O. The molecule has 2 aromatic carbocycles. The van der Waals surface area contributed by atoms with Gasteiger partial charge in [-0.25, -0.2) is 4.79 Å². The number of aromatic hydroxyl groups is 1. The van der Waals surface area contributed by atoms with E-state index in [1.807, 2.05) is 0 Å². The van der Waals surface area contributed by atoms with Gasteiger partial charge < -0.3 is 38.3 Å². The van der Waals surface area contributed by atoms with Crippen molar-refractivity contribution < 1.29 is 38.3 Å². The summed E-state index contributed by atoms with van der Waals surface area (Å²) in [6.45, 7) is -0.370. The average molecular weight is 416 g/mol. The third-order valence-electron chi connectivity index (χ3n) is 4.88. The Morgan fingerprint density at radius 3 is 2.20 bits per heavy atom. The molecule has 9 nitrogen and oxygen atoms in total. The molecule has 2 unspecified atom stereocenters. The van der Waals surface area contributed by atoms with E-state index in [0.717, 1.165) is 0 Å². The minimum Gasteiger partial charge on any atom is -0.502 e. The molecule has 30 heavy (non-hydrogen) atoms. The van der Waals surface area contributed by atoms with Crippen molar-refractivity contribution in [3.63, 3.8) is 0 Å². The zero-order valence-electron chi connectivity index (χ0n) is 16.5. The van der Waals surface area contributed by atoms with Gasteiger partial charge in [-0.1, -0.05) is 0 Å². The second-order valence-corrected chi connectivity index (χ2v) is 6.55. The van der Waals surface area contributed by atoms with Gasteiger partial charge in [0.1, 0.15) is 5.58 Å².